The van der Waals surface area contributed by atoms with Crippen molar-refractivity contribution >= 4 is 50.8 Å². The van der Waals surface area contributed by atoms with E-state index >= 15 is 0 Å². The summed E-state index contributed by atoms with van der Waals surface area (Å²) in [5.74, 6) is 1.13. The van der Waals surface area contributed by atoms with Crippen molar-refractivity contribution in [1.82, 2.24) is 0 Å². The Morgan fingerprint density at radius 2 is 1.79 bits per heavy atom. The van der Waals surface area contributed by atoms with Gasteiger partial charge in [-0.15, -0.1) is 0 Å². The van der Waals surface area contributed by atoms with Crippen molar-refractivity contribution in [2.24, 2.45) is 0 Å². The molecule has 29 heavy (non-hydrogen) atoms. The molecule has 3 nitrogen and oxygen atoms in total. The Morgan fingerprint density at radius 1 is 1.07 bits per heavy atom. The molecule has 0 aromatic heterocycles. The molecule has 0 bridgehead atoms. The van der Waals surface area contributed by atoms with Crippen LogP contribution in [0, 0.1) is 11.3 Å². The molecule has 3 aromatic carbocycles. The maximum Gasteiger partial charge on any atom is 0.162 e. The lowest BCUT2D eigenvalue weighted by Crippen LogP contribution is -1.99. The maximum atomic E-state index is 9.58. The maximum absolute atomic E-state index is 9.58. The van der Waals surface area contributed by atoms with Crippen molar-refractivity contribution in [2.45, 2.75) is 6.61 Å². The van der Waals surface area contributed by atoms with E-state index in [9.17, 15) is 5.26 Å². The molecule has 146 valence electrons. The predicted octanol–water partition coefficient (Wildman–Crippen LogP) is 7.41. The van der Waals surface area contributed by atoms with Gasteiger partial charge in [0.1, 0.15) is 6.61 Å². The van der Waals surface area contributed by atoms with E-state index in [-0.39, 0.29) is 0 Å². The van der Waals surface area contributed by atoms with Crippen LogP contribution in [0.2, 0.25) is 10.0 Å². The third-order valence-corrected chi connectivity index (χ3v) is 5.51. The highest BCUT2D eigenvalue weighted by Crippen LogP contribution is 2.36. The summed E-state index contributed by atoms with van der Waals surface area (Å²) in [5.41, 5.74) is 2.96. The van der Waals surface area contributed by atoms with Crippen LogP contribution in [-0.4, -0.2) is 7.11 Å². The van der Waals surface area contributed by atoms with Gasteiger partial charge in [0.25, 0.3) is 0 Å². The molecule has 0 aliphatic heterocycles. The van der Waals surface area contributed by atoms with E-state index in [1.165, 1.54) is 0 Å². The van der Waals surface area contributed by atoms with E-state index in [0.29, 0.717) is 33.7 Å². The second kappa shape index (κ2) is 9.84. The Kier molecular flexibility index (Phi) is 7.22. The van der Waals surface area contributed by atoms with Crippen molar-refractivity contribution < 1.29 is 9.47 Å². The molecule has 6 heteroatoms. The number of benzene rings is 3. The molecule has 0 aliphatic carbocycles. The minimum atomic E-state index is 0.311. The average Bonchev–Trinajstić information content (AvgIpc) is 2.73. The number of methoxy groups -OCH3 is 1. The number of allylic oxidation sites excluding steroid dienone is 1. The second-order valence-corrected chi connectivity index (χ2v) is 7.78. The van der Waals surface area contributed by atoms with Crippen LogP contribution in [0.3, 0.4) is 0 Å². The van der Waals surface area contributed by atoms with Crippen molar-refractivity contribution in [3.63, 3.8) is 0 Å². The van der Waals surface area contributed by atoms with Gasteiger partial charge in [0.2, 0.25) is 0 Å². The van der Waals surface area contributed by atoms with Crippen LogP contribution in [0.5, 0.6) is 11.5 Å². The lowest BCUT2D eigenvalue weighted by molar-refractivity contribution is 0.284. The lowest BCUT2D eigenvalue weighted by Gasteiger charge is -2.14. The van der Waals surface area contributed by atoms with Crippen molar-refractivity contribution in [1.29, 1.82) is 5.26 Å². The Balaban J connectivity index is 1.90. The monoisotopic (exact) mass is 487 g/mol. The van der Waals surface area contributed by atoms with E-state index in [0.717, 1.165) is 21.2 Å². The number of rotatable bonds is 6. The van der Waals surface area contributed by atoms with Gasteiger partial charge >= 0.3 is 0 Å². The number of nitriles is 1. The summed E-state index contributed by atoms with van der Waals surface area (Å²) < 4.78 is 12.2. The fourth-order valence-electron chi connectivity index (χ4n) is 2.67. The second-order valence-electron chi connectivity index (χ2n) is 6.08. The summed E-state index contributed by atoms with van der Waals surface area (Å²) in [6.45, 7) is 0.311. The molecule has 0 N–H and O–H groups in total. The molecule has 0 fully saturated rings. The van der Waals surface area contributed by atoms with E-state index in [1.807, 2.05) is 48.5 Å². The first kappa shape index (κ1) is 21.3. The fourth-order valence-corrected chi connectivity index (χ4v) is 3.42. The van der Waals surface area contributed by atoms with Crippen molar-refractivity contribution in [3.8, 4) is 17.6 Å². The Labute approximate surface area is 188 Å². The van der Waals surface area contributed by atoms with Gasteiger partial charge in [0.15, 0.2) is 11.5 Å². The molecule has 0 amide bonds. The summed E-state index contributed by atoms with van der Waals surface area (Å²) >= 11 is 15.7. The van der Waals surface area contributed by atoms with Gasteiger partial charge in [-0.3, -0.25) is 0 Å². The van der Waals surface area contributed by atoms with Crippen LogP contribution < -0.4 is 9.47 Å². The topological polar surface area (TPSA) is 42.2 Å². The van der Waals surface area contributed by atoms with E-state index in [1.54, 1.807) is 25.3 Å². The van der Waals surface area contributed by atoms with Gasteiger partial charge in [-0.25, -0.2) is 0 Å². The molecule has 0 unspecified atom stereocenters. The largest absolute Gasteiger partial charge is 0.493 e. The van der Waals surface area contributed by atoms with Crippen molar-refractivity contribution in [3.05, 3.63) is 91.9 Å². The molecule has 0 saturated carbocycles. The quantitative estimate of drug-likeness (QED) is 0.268. The Morgan fingerprint density at radius 3 is 2.45 bits per heavy atom. The zero-order valence-corrected chi connectivity index (χ0v) is 18.6. The number of nitrogens with zero attached hydrogens (tertiary/aromatic N) is 1. The first-order valence-electron chi connectivity index (χ1n) is 8.63. The normalized spacial score (nSPS) is 11.1. The van der Waals surface area contributed by atoms with Gasteiger partial charge < -0.3 is 9.47 Å². The molecule has 0 aliphatic rings. The summed E-state index contributed by atoms with van der Waals surface area (Å²) in [4.78, 5) is 0. The van der Waals surface area contributed by atoms with Crippen LogP contribution in [0.1, 0.15) is 16.7 Å². The summed E-state index contributed by atoms with van der Waals surface area (Å²) in [7, 11) is 1.57. The van der Waals surface area contributed by atoms with Crippen LogP contribution in [-0.2, 0) is 6.61 Å². The van der Waals surface area contributed by atoms with Crippen LogP contribution in [0.25, 0.3) is 11.6 Å². The van der Waals surface area contributed by atoms with Crippen LogP contribution in [0.15, 0.2) is 65.1 Å². The Hall–Kier alpha value is -2.45. The van der Waals surface area contributed by atoms with Crippen LogP contribution in [0.4, 0.5) is 0 Å². The number of hydrogen-bond acceptors (Lipinski definition) is 3. The number of halogens is 3. The highest BCUT2D eigenvalue weighted by Gasteiger charge is 2.12. The van der Waals surface area contributed by atoms with Gasteiger partial charge in [-0.1, -0.05) is 69.5 Å². The predicted molar refractivity (Wildman–Crippen MR) is 121 cm³/mol. The third kappa shape index (κ3) is 5.33. The van der Waals surface area contributed by atoms with Gasteiger partial charge in [0.05, 0.1) is 18.8 Å². The van der Waals surface area contributed by atoms with E-state index in [2.05, 4.69) is 22.0 Å². The van der Waals surface area contributed by atoms with Crippen molar-refractivity contribution in [2.75, 3.05) is 7.11 Å². The highest BCUT2D eigenvalue weighted by atomic mass is 79.9. The standard InChI is InChI=1S/C23H16BrCl2NO2/c1-28-22-11-17(10-18(13-27)15-6-8-19(25)9-7-15)20(24)12-23(22)29-14-16-4-2-3-5-21(16)26/h2-12H,14H2,1H3/b18-10+. The molecule has 0 saturated heterocycles. The summed E-state index contributed by atoms with van der Waals surface area (Å²) in [6, 6.07) is 20.5. The highest BCUT2D eigenvalue weighted by molar-refractivity contribution is 9.10. The van der Waals surface area contributed by atoms with Gasteiger partial charge in [-0.05, 0) is 47.5 Å². The van der Waals surface area contributed by atoms with E-state index in [4.69, 9.17) is 32.7 Å². The zero-order chi connectivity index (χ0) is 20.8. The molecule has 0 radical (unpaired) electrons. The van der Waals surface area contributed by atoms with Crippen LogP contribution >= 0.6 is 39.1 Å². The molecule has 3 rings (SSSR count). The Bertz CT molecular complexity index is 1090. The first-order chi connectivity index (χ1) is 14.0. The average molecular weight is 489 g/mol. The molecule has 0 atom stereocenters. The lowest BCUT2D eigenvalue weighted by atomic mass is 10.0. The molecular weight excluding hydrogens is 473 g/mol. The number of hydrogen-bond donors (Lipinski definition) is 0. The number of ether oxygens (including phenoxy) is 2. The minimum Gasteiger partial charge on any atom is -0.493 e. The smallest absolute Gasteiger partial charge is 0.162 e. The molecule has 0 spiro atoms. The third-order valence-electron chi connectivity index (χ3n) is 4.20. The SMILES string of the molecule is COc1cc(/C=C(\C#N)c2ccc(Cl)cc2)c(Br)cc1OCc1ccccc1Cl. The first-order valence-corrected chi connectivity index (χ1v) is 10.2. The van der Waals surface area contributed by atoms with Gasteiger partial charge in [-0.2, -0.15) is 5.26 Å². The summed E-state index contributed by atoms with van der Waals surface area (Å²) in [5, 5.41) is 10.8. The molecular formula is C23H16BrCl2NO2. The van der Waals surface area contributed by atoms with E-state index < -0.39 is 0 Å². The molecule has 3 aromatic rings. The van der Waals surface area contributed by atoms with Gasteiger partial charge in [0, 0.05) is 20.1 Å². The fraction of sp³-hybridized carbons (Fsp3) is 0.0870. The minimum absolute atomic E-state index is 0.311. The zero-order valence-electron chi connectivity index (χ0n) is 15.5. The molecule has 0 heterocycles. The summed E-state index contributed by atoms with van der Waals surface area (Å²) in [6.07, 6.45) is 1.79.